The fourth-order valence-corrected chi connectivity index (χ4v) is 10.1. The highest BCUT2D eigenvalue weighted by molar-refractivity contribution is 7.92. The van der Waals surface area contributed by atoms with Gasteiger partial charge in [0.2, 0.25) is 5.91 Å². The number of amides is 1. The highest BCUT2D eigenvalue weighted by Gasteiger charge is 2.63. The first kappa shape index (κ1) is 19.9. The molecule has 4 aliphatic rings. The third-order valence-electron chi connectivity index (χ3n) is 9.70. The fraction of sp³-hybridized carbons (Fsp3) is 0.720. The lowest BCUT2D eigenvalue weighted by atomic mass is 9.47. The zero-order valence-corrected chi connectivity index (χ0v) is 18.9. The van der Waals surface area contributed by atoms with Crippen LogP contribution in [0.3, 0.4) is 0 Å². The van der Waals surface area contributed by atoms with Gasteiger partial charge in [0.05, 0.1) is 0 Å². The molecule has 0 bridgehead atoms. The van der Waals surface area contributed by atoms with Crippen LogP contribution in [0, 0.1) is 28.6 Å². The summed E-state index contributed by atoms with van der Waals surface area (Å²) in [6.45, 7) is 4.94. The predicted octanol–water partition coefficient (Wildman–Crippen LogP) is 5.03. The molecule has 1 amide bonds. The van der Waals surface area contributed by atoms with E-state index >= 15 is 0 Å². The molecule has 0 aromatic heterocycles. The number of hydrogen-bond donors (Lipinski definition) is 0. The van der Waals surface area contributed by atoms with Crippen molar-refractivity contribution in [2.24, 2.45) is 28.6 Å². The normalized spacial score (nSPS) is 45.3. The van der Waals surface area contributed by atoms with Crippen LogP contribution in [-0.2, 0) is 16.0 Å². The molecule has 1 saturated heterocycles. The molecule has 0 N–H and O–H groups in total. The second-order valence-corrected chi connectivity index (χ2v) is 12.3. The van der Waals surface area contributed by atoms with Gasteiger partial charge in [-0.25, -0.2) is 0 Å². The molecule has 8 atom stereocenters. The van der Waals surface area contributed by atoms with Crippen molar-refractivity contribution in [3.05, 3.63) is 30.3 Å². The quantitative estimate of drug-likeness (QED) is 0.639. The van der Waals surface area contributed by atoms with Crippen molar-refractivity contribution in [3.8, 4) is 0 Å². The zero-order chi connectivity index (χ0) is 20.4. The average molecular weight is 414 g/mol. The van der Waals surface area contributed by atoms with Crippen molar-refractivity contribution in [2.45, 2.75) is 81.4 Å². The lowest BCUT2D eigenvalue weighted by Crippen LogP contribution is -2.61. The molecule has 3 aliphatic carbocycles. The summed E-state index contributed by atoms with van der Waals surface area (Å²) < 4.78 is 13.5. The lowest BCUT2D eigenvalue weighted by molar-refractivity contribution is -0.156. The number of hydrogen-bond acceptors (Lipinski definition) is 2. The van der Waals surface area contributed by atoms with Crippen molar-refractivity contribution in [2.75, 3.05) is 7.05 Å². The van der Waals surface area contributed by atoms with Gasteiger partial charge >= 0.3 is 0 Å². The topological polar surface area (TPSA) is 43.4 Å². The van der Waals surface area contributed by atoms with E-state index in [2.05, 4.69) is 18.7 Å². The van der Waals surface area contributed by atoms with Crippen LogP contribution in [0.25, 0.3) is 0 Å². The molecule has 4 fully saturated rings. The highest BCUT2D eigenvalue weighted by atomic mass is 32.2. The molecule has 0 spiro atoms. The molecule has 0 radical (unpaired) electrons. The van der Waals surface area contributed by atoms with Crippen LogP contribution >= 0.6 is 0 Å². The van der Waals surface area contributed by atoms with Gasteiger partial charge in [0.25, 0.3) is 0 Å². The Hall–Kier alpha value is -1.00. The summed E-state index contributed by atoms with van der Waals surface area (Å²) in [5.41, 5.74) is 0.463. The summed E-state index contributed by atoms with van der Waals surface area (Å²) in [5, 5.41) is 0.289. The first-order valence-electron chi connectivity index (χ1n) is 11.6. The Balaban J connectivity index is 1.41. The summed E-state index contributed by atoms with van der Waals surface area (Å²) in [7, 11) is 2.03. The number of carbonyl (C=O) groups is 1. The molecule has 3 nitrogen and oxygen atoms in total. The highest BCUT2D eigenvalue weighted by Crippen LogP contribution is 2.65. The molecule has 3 unspecified atom stereocenters. The summed E-state index contributed by atoms with van der Waals surface area (Å²) in [4.78, 5) is 15.4. The minimum Gasteiger partial charge on any atom is -0.611 e. The van der Waals surface area contributed by atoms with Crippen LogP contribution in [0.15, 0.2) is 35.2 Å². The van der Waals surface area contributed by atoms with Gasteiger partial charge in [-0.3, -0.25) is 4.79 Å². The first-order valence-corrected chi connectivity index (χ1v) is 12.8. The maximum atomic E-state index is 13.5. The molecule has 1 aliphatic heterocycles. The zero-order valence-electron chi connectivity index (χ0n) is 18.1. The number of nitrogens with zero attached hydrogens (tertiary/aromatic N) is 1. The van der Waals surface area contributed by atoms with E-state index in [0.717, 1.165) is 42.4 Å². The van der Waals surface area contributed by atoms with Gasteiger partial charge in [-0.15, -0.1) is 0 Å². The van der Waals surface area contributed by atoms with Crippen molar-refractivity contribution in [3.63, 3.8) is 0 Å². The van der Waals surface area contributed by atoms with Gasteiger partial charge in [0.1, 0.15) is 5.25 Å². The average Bonchev–Trinajstić information content (AvgIpc) is 3.08. The number of fused-ring (bicyclic) bond motifs is 5. The van der Waals surface area contributed by atoms with Crippen molar-refractivity contribution < 1.29 is 9.35 Å². The number of benzene rings is 1. The van der Waals surface area contributed by atoms with Gasteiger partial charge in [-0.05, 0) is 91.4 Å². The molecule has 29 heavy (non-hydrogen) atoms. The van der Waals surface area contributed by atoms with E-state index < -0.39 is 11.2 Å². The van der Waals surface area contributed by atoms with Crippen LogP contribution in [0.1, 0.15) is 65.2 Å². The third-order valence-corrected chi connectivity index (χ3v) is 11.7. The Morgan fingerprint density at radius 3 is 2.45 bits per heavy atom. The van der Waals surface area contributed by atoms with E-state index in [0.29, 0.717) is 17.9 Å². The minimum atomic E-state index is -0.910. The van der Waals surface area contributed by atoms with Gasteiger partial charge < -0.3 is 9.45 Å². The molecule has 3 saturated carbocycles. The summed E-state index contributed by atoms with van der Waals surface area (Å²) >= 11 is -0.910. The van der Waals surface area contributed by atoms with Crippen LogP contribution < -0.4 is 0 Å². The SMILES string of the molecule is CN1C(=O)CC[C@@]2(C)C1CC[C@@H]1[C@H]2CC[C@]2(C)C([S+]([O-])c3ccccc3)CC[C@@H]12. The molecule has 1 aromatic carbocycles. The van der Waals surface area contributed by atoms with Crippen LogP contribution in [-0.4, -0.2) is 33.7 Å². The maximum absolute atomic E-state index is 13.5. The Morgan fingerprint density at radius 1 is 0.966 bits per heavy atom. The van der Waals surface area contributed by atoms with E-state index in [9.17, 15) is 9.35 Å². The molecule has 158 valence electrons. The number of carbonyl (C=O) groups excluding carboxylic acids is 1. The predicted molar refractivity (Wildman–Crippen MR) is 117 cm³/mol. The summed E-state index contributed by atoms with van der Waals surface area (Å²) in [5.74, 6) is 2.50. The number of piperidine rings is 1. The standard InChI is InChI=1S/C25H35NO2S/c1-24-16-14-23(27)26(3)21(24)11-9-18-19-10-12-22(25(19,2)15-13-20(18)24)29(28)17-7-5-4-6-8-17/h4-8,18-22H,9-16H2,1-3H3/t18-,19-,20+,21?,22?,24+,25-,29?/m0/s1. The summed E-state index contributed by atoms with van der Waals surface area (Å²) in [6.07, 6.45) is 8.95. The first-order chi connectivity index (χ1) is 13.9. The Morgan fingerprint density at radius 2 is 1.69 bits per heavy atom. The largest absolute Gasteiger partial charge is 0.611 e. The molecule has 4 heteroatoms. The van der Waals surface area contributed by atoms with Crippen LogP contribution in [0.2, 0.25) is 0 Å². The van der Waals surface area contributed by atoms with E-state index in [4.69, 9.17) is 0 Å². The van der Waals surface area contributed by atoms with Crippen LogP contribution in [0.4, 0.5) is 0 Å². The molecule has 1 heterocycles. The maximum Gasteiger partial charge on any atom is 0.222 e. The van der Waals surface area contributed by atoms with Crippen molar-refractivity contribution in [1.82, 2.24) is 4.90 Å². The Bertz CT molecular complexity index is 784. The van der Waals surface area contributed by atoms with Crippen molar-refractivity contribution in [1.29, 1.82) is 0 Å². The smallest absolute Gasteiger partial charge is 0.222 e. The van der Waals surface area contributed by atoms with E-state index in [1.54, 1.807) is 0 Å². The van der Waals surface area contributed by atoms with Gasteiger partial charge in [0, 0.05) is 24.9 Å². The van der Waals surface area contributed by atoms with E-state index in [1.807, 2.05) is 37.4 Å². The number of rotatable bonds is 2. The molecule has 5 rings (SSSR count). The lowest BCUT2D eigenvalue weighted by Gasteiger charge is -2.61. The number of likely N-dealkylation sites (tertiary alicyclic amines) is 1. The van der Waals surface area contributed by atoms with E-state index in [-0.39, 0.29) is 16.1 Å². The molecule has 1 aromatic rings. The Kier molecular flexibility index (Phi) is 4.82. The third kappa shape index (κ3) is 2.85. The second-order valence-electron chi connectivity index (χ2n) is 10.7. The monoisotopic (exact) mass is 413 g/mol. The Labute approximate surface area is 178 Å². The van der Waals surface area contributed by atoms with Crippen molar-refractivity contribution >= 4 is 17.1 Å². The van der Waals surface area contributed by atoms with E-state index in [1.165, 1.54) is 25.7 Å². The minimum absolute atomic E-state index is 0.196. The summed E-state index contributed by atoms with van der Waals surface area (Å²) in [6, 6.07) is 10.5. The molecular weight excluding hydrogens is 378 g/mol. The van der Waals surface area contributed by atoms with Gasteiger partial charge in [-0.2, -0.15) is 0 Å². The second kappa shape index (κ2) is 7.02. The van der Waals surface area contributed by atoms with Gasteiger partial charge in [-0.1, -0.05) is 32.0 Å². The van der Waals surface area contributed by atoms with Gasteiger partial charge in [0.15, 0.2) is 4.90 Å². The van der Waals surface area contributed by atoms with Crippen LogP contribution in [0.5, 0.6) is 0 Å². The fourth-order valence-electron chi connectivity index (χ4n) is 8.17. The molecular formula is C25H35NO2S.